The van der Waals surface area contributed by atoms with Gasteiger partial charge in [-0.1, -0.05) is 12.1 Å². The molecular weight excluding hydrogens is 296 g/mol. The number of carbonyl (C=O) groups excluding carboxylic acids is 1. The van der Waals surface area contributed by atoms with Gasteiger partial charge < -0.3 is 15.4 Å². The number of hydrogen-bond acceptors (Lipinski definition) is 3. The Bertz CT molecular complexity index is 406. The molecule has 0 spiro atoms. The number of hydrogen-bond donors (Lipinski definition) is 2. The number of carbonyl (C=O) groups is 1. The highest BCUT2D eigenvalue weighted by Crippen LogP contribution is 2.20. The molecule has 0 radical (unpaired) electrons. The molecule has 0 bridgehead atoms. The lowest BCUT2D eigenvalue weighted by molar-refractivity contribution is -0.115. The van der Waals surface area contributed by atoms with Crippen molar-refractivity contribution >= 4 is 27.5 Å². The van der Waals surface area contributed by atoms with E-state index in [1.54, 1.807) is 0 Å². The number of benzene rings is 1. The molecule has 98 valence electrons. The molecule has 0 saturated carbocycles. The highest BCUT2D eigenvalue weighted by Gasteiger charge is 2.14. The van der Waals surface area contributed by atoms with Crippen LogP contribution in [0.5, 0.6) is 0 Å². The van der Waals surface area contributed by atoms with Gasteiger partial charge in [0.25, 0.3) is 0 Å². The lowest BCUT2D eigenvalue weighted by atomic mass is 10.1. The van der Waals surface area contributed by atoms with Crippen molar-refractivity contribution in [2.45, 2.75) is 18.9 Å². The average molecular weight is 313 g/mol. The fourth-order valence-corrected chi connectivity index (χ4v) is 2.28. The van der Waals surface area contributed by atoms with E-state index in [0.717, 1.165) is 36.2 Å². The second kappa shape index (κ2) is 6.87. The molecule has 1 heterocycles. The molecule has 2 N–H and O–H groups in total. The lowest BCUT2D eigenvalue weighted by Crippen LogP contribution is -2.39. The van der Waals surface area contributed by atoms with Gasteiger partial charge in [-0.25, -0.2) is 0 Å². The monoisotopic (exact) mass is 312 g/mol. The first-order chi connectivity index (χ1) is 8.75. The first-order valence-electron chi connectivity index (χ1n) is 6.11. The van der Waals surface area contributed by atoms with Crippen molar-refractivity contribution in [2.75, 3.05) is 25.1 Å². The topological polar surface area (TPSA) is 50.4 Å². The number of nitrogens with one attached hydrogen (secondary N) is 2. The second-order valence-corrected chi connectivity index (χ2v) is 5.15. The summed E-state index contributed by atoms with van der Waals surface area (Å²) in [6, 6.07) is 7.98. The van der Waals surface area contributed by atoms with Crippen LogP contribution >= 0.6 is 15.9 Å². The van der Waals surface area contributed by atoms with Crippen molar-refractivity contribution in [3.05, 3.63) is 28.7 Å². The lowest BCUT2D eigenvalue weighted by Gasteiger charge is -2.22. The quantitative estimate of drug-likeness (QED) is 0.895. The van der Waals surface area contributed by atoms with Crippen LogP contribution < -0.4 is 10.6 Å². The van der Waals surface area contributed by atoms with Gasteiger partial charge in [0.15, 0.2) is 0 Å². The largest absolute Gasteiger partial charge is 0.381 e. The van der Waals surface area contributed by atoms with E-state index >= 15 is 0 Å². The van der Waals surface area contributed by atoms with Gasteiger partial charge in [-0.05, 0) is 40.9 Å². The summed E-state index contributed by atoms with van der Waals surface area (Å²) in [5.74, 6) is -0.0200. The van der Waals surface area contributed by atoms with Crippen LogP contribution in [-0.4, -0.2) is 31.7 Å². The summed E-state index contributed by atoms with van der Waals surface area (Å²) < 4.78 is 6.16. The van der Waals surface area contributed by atoms with Gasteiger partial charge >= 0.3 is 0 Å². The van der Waals surface area contributed by atoms with E-state index in [-0.39, 0.29) is 5.91 Å². The van der Waals surface area contributed by atoms with Crippen molar-refractivity contribution in [3.63, 3.8) is 0 Å². The van der Waals surface area contributed by atoms with Crippen LogP contribution in [0.2, 0.25) is 0 Å². The third-order valence-corrected chi connectivity index (χ3v) is 3.61. The molecule has 4 nitrogen and oxygen atoms in total. The molecule has 5 heteroatoms. The first kappa shape index (κ1) is 13.5. The van der Waals surface area contributed by atoms with Gasteiger partial charge in [0.05, 0.1) is 12.2 Å². The van der Waals surface area contributed by atoms with Crippen molar-refractivity contribution in [1.29, 1.82) is 0 Å². The number of anilines is 1. The third-order valence-electron chi connectivity index (χ3n) is 2.92. The smallest absolute Gasteiger partial charge is 0.238 e. The zero-order valence-corrected chi connectivity index (χ0v) is 11.7. The van der Waals surface area contributed by atoms with Crippen molar-refractivity contribution in [1.82, 2.24) is 5.32 Å². The SMILES string of the molecule is O=C(CNC1CCOCC1)Nc1ccccc1Br. The molecule has 0 aromatic heterocycles. The third kappa shape index (κ3) is 4.08. The van der Waals surface area contributed by atoms with Crippen LogP contribution in [0.4, 0.5) is 5.69 Å². The van der Waals surface area contributed by atoms with Gasteiger partial charge in [-0.15, -0.1) is 0 Å². The molecule has 1 aromatic rings. The predicted molar refractivity (Wildman–Crippen MR) is 74.6 cm³/mol. The van der Waals surface area contributed by atoms with Crippen LogP contribution in [0.15, 0.2) is 28.7 Å². The van der Waals surface area contributed by atoms with E-state index in [0.29, 0.717) is 12.6 Å². The van der Waals surface area contributed by atoms with Gasteiger partial charge in [0, 0.05) is 23.7 Å². The van der Waals surface area contributed by atoms with Crippen molar-refractivity contribution in [3.8, 4) is 0 Å². The molecule has 18 heavy (non-hydrogen) atoms. The van der Waals surface area contributed by atoms with E-state index < -0.39 is 0 Å². The summed E-state index contributed by atoms with van der Waals surface area (Å²) in [6.07, 6.45) is 1.95. The van der Waals surface area contributed by atoms with Gasteiger partial charge in [-0.3, -0.25) is 4.79 Å². The van der Waals surface area contributed by atoms with Crippen molar-refractivity contribution in [2.24, 2.45) is 0 Å². The maximum Gasteiger partial charge on any atom is 0.238 e. The zero-order valence-electron chi connectivity index (χ0n) is 10.1. The Labute approximate surface area is 115 Å². The molecule has 0 unspecified atom stereocenters. The Morgan fingerprint density at radius 1 is 1.33 bits per heavy atom. The highest BCUT2D eigenvalue weighted by atomic mass is 79.9. The van der Waals surface area contributed by atoms with Crippen LogP contribution in [0, 0.1) is 0 Å². The number of rotatable bonds is 4. The van der Waals surface area contributed by atoms with Gasteiger partial charge in [0.2, 0.25) is 5.91 Å². The zero-order chi connectivity index (χ0) is 12.8. The van der Waals surface area contributed by atoms with E-state index in [1.165, 1.54) is 0 Å². The summed E-state index contributed by atoms with van der Waals surface area (Å²) in [5.41, 5.74) is 0.802. The average Bonchev–Trinajstić information content (AvgIpc) is 2.40. The molecule has 1 aromatic carbocycles. The van der Waals surface area contributed by atoms with Crippen LogP contribution in [0.1, 0.15) is 12.8 Å². The minimum atomic E-state index is -0.0200. The fourth-order valence-electron chi connectivity index (χ4n) is 1.90. The molecular formula is C13H17BrN2O2. The summed E-state index contributed by atoms with van der Waals surface area (Å²) in [7, 11) is 0. The molecule has 0 atom stereocenters. The Morgan fingerprint density at radius 3 is 2.78 bits per heavy atom. The summed E-state index contributed by atoms with van der Waals surface area (Å²) in [5, 5.41) is 6.12. The fraction of sp³-hybridized carbons (Fsp3) is 0.462. The molecule has 1 aliphatic rings. The second-order valence-electron chi connectivity index (χ2n) is 4.30. The van der Waals surface area contributed by atoms with Crippen LogP contribution in [0.25, 0.3) is 0 Å². The van der Waals surface area contributed by atoms with Crippen molar-refractivity contribution < 1.29 is 9.53 Å². The summed E-state index contributed by atoms with van der Waals surface area (Å²) in [6.45, 7) is 1.90. The standard InChI is InChI=1S/C13H17BrN2O2/c14-11-3-1-2-4-12(11)16-13(17)9-15-10-5-7-18-8-6-10/h1-4,10,15H,5-9H2,(H,16,17). The van der Waals surface area contributed by atoms with E-state index in [9.17, 15) is 4.79 Å². The summed E-state index contributed by atoms with van der Waals surface area (Å²) >= 11 is 3.40. The molecule has 2 rings (SSSR count). The maximum absolute atomic E-state index is 11.8. The molecule has 1 aliphatic heterocycles. The van der Waals surface area contributed by atoms with Crippen LogP contribution in [0.3, 0.4) is 0 Å². The molecule has 1 fully saturated rings. The minimum Gasteiger partial charge on any atom is -0.381 e. The Kier molecular flexibility index (Phi) is 5.16. The normalized spacial score (nSPS) is 16.5. The van der Waals surface area contributed by atoms with E-state index in [4.69, 9.17) is 4.74 Å². The Morgan fingerprint density at radius 2 is 2.06 bits per heavy atom. The Hall–Kier alpha value is -0.910. The first-order valence-corrected chi connectivity index (χ1v) is 6.90. The number of halogens is 1. The molecule has 1 amide bonds. The Balaban J connectivity index is 1.76. The number of amides is 1. The van der Waals surface area contributed by atoms with Crippen LogP contribution in [-0.2, 0) is 9.53 Å². The van der Waals surface area contributed by atoms with Gasteiger partial charge in [-0.2, -0.15) is 0 Å². The van der Waals surface area contributed by atoms with E-state index in [2.05, 4.69) is 26.6 Å². The predicted octanol–water partition coefficient (Wildman–Crippen LogP) is 2.16. The number of para-hydroxylation sites is 1. The highest BCUT2D eigenvalue weighted by molar-refractivity contribution is 9.10. The molecule has 1 saturated heterocycles. The number of ether oxygens (including phenoxy) is 1. The minimum absolute atomic E-state index is 0.0200. The molecule has 0 aliphatic carbocycles. The van der Waals surface area contributed by atoms with Gasteiger partial charge in [0.1, 0.15) is 0 Å². The maximum atomic E-state index is 11.8. The summed E-state index contributed by atoms with van der Waals surface area (Å²) in [4.78, 5) is 11.8. The van der Waals surface area contributed by atoms with E-state index in [1.807, 2.05) is 24.3 Å².